The van der Waals surface area contributed by atoms with Crippen molar-refractivity contribution in [3.63, 3.8) is 0 Å². The monoisotopic (exact) mass is 718 g/mol. The lowest BCUT2D eigenvalue weighted by molar-refractivity contribution is -0.346. The lowest BCUT2D eigenvalue weighted by atomic mass is 9.44. The predicted molar refractivity (Wildman–Crippen MR) is 183 cm³/mol. The molecule has 0 aromatic heterocycles. The SMILES string of the molecule is CC(=O)O[C@H]1C(=O)[C@]2(C)[C@@H](O)CC3OC[C@@]3(OC(C)=O)[C@H]2[C@H](OC(=O)c2ccccc2)[C@]2(O)C[C@H](OC(=O)CCc3ccccc3)C(C)=C1C2(C)C. The highest BCUT2D eigenvalue weighted by Gasteiger charge is 2.78. The summed E-state index contributed by atoms with van der Waals surface area (Å²) in [5, 5.41) is 25.4. The van der Waals surface area contributed by atoms with Crippen molar-refractivity contribution < 1.29 is 57.9 Å². The molecule has 2 aromatic carbocycles. The van der Waals surface area contributed by atoms with Crippen LogP contribution < -0.4 is 0 Å². The number of aryl methyl sites for hydroxylation is 1. The number of aliphatic hydroxyl groups is 2. The fourth-order valence-electron chi connectivity index (χ4n) is 9.13. The Balaban J connectivity index is 1.56. The highest BCUT2D eigenvalue weighted by molar-refractivity contribution is 5.95. The van der Waals surface area contributed by atoms with Crippen molar-refractivity contribution in [3.8, 4) is 0 Å². The summed E-state index contributed by atoms with van der Waals surface area (Å²) in [7, 11) is 0. The number of aliphatic hydroxyl groups excluding tert-OH is 1. The summed E-state index contributed by atoms with van der Waals surface area (Å²) < 4.78 is 30.1. The van der Waals surface area contributed by atoms with Gasteiger partial charge in [0.2, 0.25) is 0 Å². The first kappa shape index (κ1) is 37.4. The third kappa shape index (κ3) is 5.94. The van der Waals surface area contributed by atoms with Crippen molar-refractivity contribution in [1.82, 2.24) is 0 Å². The van der Waals surface area contributed by atoms with Crippen LogP contribution in [0.2, 0.25) is 0 Å². The highest BCUT2D eigenvalue weighted by atomic mass is 16.6. The minimum absolute atomic E-state index is 0.00510. The molecule has 2 bridgehead atoms. The minimum atomic E-state index is -2.19. The number of fused-ring (bicyclic) bond motifs is 5. The average Bonchev–Trinajstić information content (AvgIpc) is 3.09. The van der Waals surface area contributed by atoms with Gasteiger partial charge < -0.3 is 33.9 Å². The third-order valence-corrected chi connectivity index (χ3v) is 11.9. The number of ether oxygens (including phenoxy) is 5. The number of benzene rings is 2. The Morgan fingerprint density at radius 1 is 0.904 bits per heavy atom. The number of esters is 4. The molecule has 2 N–H and O–H groups in total. The van der Waals surface area contributed by atoms with E-state index in [9.17, 15) is 29.4 Å². The van der Waals surface area contributed by atoms with Gasteiger partial charge in [0, 0.05) is 38.5 Å². The Morgan fingerprint density at radius 2 is 1.54 bits per heavy atom. The first-order valence-electron chi connectivity index (χ1n) is 17.6. The number of carbonyl (C=O) groups excluding carboxylic acids is 5. The molecular formula is C40H46O12. The van der Waals surface area contributed by atoms with Crippen molar-refractivity contribution >= 4 is 29.7 Å². The number of carbonyl (C=O) groups is 5. The molecule has 1 aliphatic heterocycles. The summed E-state index contributed by atoms with van der Waals surface area (Å²) >= 11 is 0. The molecule has 1 heterocycles. The van der Waals surface area contributed by atoms with Crippen molar-refractivity contribution in [2.45, 2.75) is 109 Å². The summed E-state index contributed by atoms with van der Waals surface area (Å²) in [6.45, 7) is 8.49. The number of hydrogen-bond acceptors (Lipinski definition) is 12. The van der Waals surface area contributed by atoms with Gasteiger partial charge in [-0.1, -0.05) is 62.4 Å². The van der Waals surface area contributed by atoms with E-state index in [-0.39, 0.29) is 37.0 Å². The summed E-state index contributed by atoms with van der Waals surface area (Å²) in [5.41, 5.74) is -5.70. The lowest BCUT2D eigenvalue weighted by Gasteiger charge is -2.67. The third-order valence-electron chi connectivity index (χ3n) is 11.9. The van der Waals surface area contributed by atoms with E-state index in [0.29, 0.717) is 12.0 Å². The van der Waals surface area contributed by atoms with Crippen LogP contribution in [0.3, 0.4) is 0 Å². The zero-order chi connectivity index (χ0) is 37.8. The second-order valence-corrected chi connectivity index (χ2v) is 15.2. The average molecular weight is 719 g/mol. The smallest absolute Gasteiger partial charge is 0.338 e. The summed E-state index contributed by atoms with van der Waals surface area (Å²) in [5.74, 6) is -5.13. The molecule has 3 aliphatic carbocycles. The van der Waals surface area contributed by atoms with E-state index in [1.165, 1.54) is 26.0 Å². The fraction of sp³-hybridized carbons (Fsp3) is 0.525. The molecule has 9 atom stereocenters. The molecule has 0 radical (unpaired) electrons. The molecule has 0 spiro atoms. The van der Waals surface area contributed by atoms with Gasteiger partial charge in [-0.15, -0.1) is 0 Å². The fourth-order valence-corrected chi connectivity index (χ4v) is 9.13. The second-order valence-electron chi connectivity index (χ2n) is 15.2. The quantitative estimate of drug-likeness (QED) is 0.230. The molecule has 2 aromatic rings. The molecule has 1 saturated heterocycles. The molecule has 6 rings (SSSR count). The molecule has 1 unspecified atom stereocenters. The molecule has 52 heavy (non-hydrogen) atoms. The Kier molecular flexibility index (Phi) is 9.73. The van der Waals surface area contributed by atoms with Crippen molar-refractivity contribution in [3.05, 3.63) is 82.9 Å². The van der Waals surface area contributed by atoms with Crippen LogP contribution in [0.1, 0.15) is 76.7 Å². The van der Waals surface area contributed by atoms with Crippen LogP contribution in [-0.4, -0.2) is 88.2 Å². The molecule has 4 aliphatic rings. The summed E-state index contributed by atoms with van der Waals surface area (Å²) in [4.78, 5) is 68.4. The molecule has 3 fully saturated rings. The maximum atomic E-state index is 15.2. The second kappa shape index (κ2) is 13.5. The number of Topliss-reactive ketones (excluding diaryl/α,β-unsaturated/α-hetero) is 1. The minimum Gasteiger partial charge on any atom is -0.458 e. The van der Waals surface area contributed by atoms with E-state index >= 15 is 4.79 Å². The van der Waals surface area contributed by atoms with Gasteiger partial charge in [0.1, 0.15) is 23.9 Å². The Labute approximate surface area is 302 Å². The lowest BCUT2D eigenvalue weighted by Crippen LogP contribution is -2.82. The normalized spacial score (nSPS) is 34.7. The van der Waals surface area contributed by atoms with Crippen LogP contribution in [0.4, 0.5) is 0 Å². The molecule has 2 saturated carbocycles. The Hall–Kier alpha value is -4.39. The van der Waals surface area contributed by atoms with Gasteiger partial charge in [-0.2, -0.15) is 0 Å². The van der Waals surface area contributed by atoms with Crippen LogP contribution in [0.15, 0.2) is 71.8 Å². The Bertz CT molecular complexity index is 1790. The van der Waals surface area contributed by atoms with Crippen molar-refractivity contribution in [2.75, 3.05) is 6.61 Å². The van der Waals surface area contributed by atoms with E-state index in [2.05, 4.69) is 0 Å². The maximum Gasteiger partial charge on any atom is 0.338 e. The van der Waals surface area contributed by atoms with Crippen LogP contribution in [0.5, 0.6) is 0 Å². The molecule has 0 amide bonds. The van der Waals surface area contributed by atoms with Gasteiger partial charge in [0.05, 0.1) is 29.6 Å². The molecule has 12 nitrogen and oxygen atoms in total. The number of hydrogen-bond donors (Lipinski definition) is 2. The predicted octanol–water partition coefficient (Wildman–Crippen LogP) is 3.84. The zero-order valence-electron chi connectivity index (χ0n) is 30.3. The largest absolute Gasteiger partial charge is 0.458 e. The van der Waals surface area contributed by atoms with Crippen molar-refractivity contribution in [1.29, 1.82) is 0 Å². The van der Waals surface area contributed by atoms with E-state index in [1.54, 1.807) is 39.0 Å². The first-order chi connectivity index (χ1) is 24.5. The highest BCUT2D eigenvalue weighted by Crippen LogP contribution is 2.64. The van der Waals surface area contributed by atoms with Crippen LogP contribution in [0, 0.1) is 16.7 Å². The van der Waals surface area contributed by atoms with E-state index in [0.717, 1.165) is 12.5 Å². The topological polar surface area (TPSA) is 172 Å². The van der Waals surface area contributed by atoms with Gasteiger partial charge in [-0.25, -0.2) is 4.79 Å². The zero-order valence-corrected chi connectivity index (χ0v) is 30.3. The van der Waals surface area contributed by atoms with Gasteiger partial charge in [0.15, 0.2) is 17.5 Å². The van der Waals surface area contributed by atoms with Crippen molar-refractivity contribution in [2.24, 2.45) is 16.7 Å². The van der Waals surface area contributed by atoms with Crippen LogP contribution in [0.25, 0.3) is 0 Å². The number of ketones is 1. The van der Waals surface area contributed by atoms with Gasteiger partial charge in [0.25, 0.3) is 0 Å². The van der Waals surface area contributed by atoms with Gasteiger partial charge in [-0.05, 0) is 49.1 Å². The van der Waals surface area contributed by atoms with E-state index < -0.39 is 88.1 Å². The van der Waals surface area contributed by atoms with Crippen LogP contribution >= 0.6 is 0 Å². The van der Waals surface area contributed by atoms with E-state index in [1.807, 2.05) is 30.3 Å². The summed E-state index contributed by atoms with van der Waals surface area (Å²) in [6.07, 6.45) is -6.96. The maximum absolute atomic E-state index is 15.2. The van der Waals surface area contributed by atoms with Gasteiger partial charge >= 0.3 is 23.9 Å². The van der Waals surface area contributed by atoms with E-state index in [4.69, 9.17) is 23.7 Å². The van der Waals surface area contributed by atoms with Crippen LogP contribution in [-0.2, 0) is 49.3 Å². The summed E-state index contributed by atoms with van der Waals surface area (Å²) in [6, 6.07) is 17.4. The molecular weight excluding hydrogens is 672 g/mol. The number of rotatable bonds is 8. The Morgan fingerprint density at radius 3 is 2.12 bits per heavy atom. The first-order valence-corrected chi connectivity index (χ1v) is 17.6. The standard InChI is InChI=1S/C40H46O12/c1-22-27(50-30(44)18-17-25-13-9-7-10-14-25)20-40(47)35(51-36(46)26-15-11-8-12-16-26)33-38(6,28(43)19-29-39(33,21-48-29)52-24(3)42)34(45)32(49-23(2)41)31(22)37(40,4)5/h7-16,27-29,32-33,35,43,47H,17-21H2,1-6H3/t27-,28-,29?,32+,33-,35-,38+,39-,40+/m0/s1. The van der Waals surface area contributed by atoms with Gasteiger partial charge in [-0.3, -0.25) is 19.2 Å². The molecule has 12 heteroatoms. The molecule has 278 valence electrons.